The van der Waals surface area contributed by atoms with Crippen molar-refractivity contribution in [2.75, 3.05) is 7.11 Å². The van der Waals surface area contributed by atoms with Crippen LogP contribution >= 0.6 is 0 Å². The highest BCUT2D eigenvalue weighted by molar-refractivity contribution is 5.00. The lowest BCUT2D eigenvalue weighted by molar-refractivity contribution is 0.332. The van der Waals surface area contributed by atoms with E-state index in [4.69, 9.17) is 4.74 Å². The molecule has 0 aromatic heterocycles. The second kappa shape index (κ2) is 5.02. The van der Waals surface area contributed by atoms with Crippen LogP contribution in [-0.4, -0.2) is 7.11 Å². The van der Waals surface area contributed by atoms with Crippen molar-refractivity contribution in [3.05, 3.63) is 24.5 Å². The van der Waals surface area contributed by atoms with E-state index in [1.54, 1.807) is 7.11 Å². The molecule has 2 atom stereocenters. The molecule has 1 aliphatic carbocycles. The Morgan fingerprint density at radius 1 is 1.17 bits per heavy atom. The normalized spacial score (nSPS) is 30.5. The predicted octanol–water partition coefficient (Wildman–Crippen LogP) is 3.14. The van der Waals surface area contributed by atoms with Gasteiger partial charge in [-0.05, 0) is 37.7 Å². The smallest absolute Gasteiger partial charge is 0.0787 e. The van der Waals surface area contributed by atoms with Crippen LogP contribution in [-0.2, 0) is 4.74 Å². The Kier molecular flexibility index (Phi) is 3.92. The fourth-order valence-corrected chi connectivity index (χ4v) is 1.92. The number of hydrogen-bond acceptors (Lipinski definition) is 1. The first-order chi connectivity index (χ1) is 5.88. The summed E-state index contributed by atoms with van der Waals surface area (Å²) in [4.78, 5) is 0. The predicted molar refractivity (Wildman–Crippen MR) is 51.8 cm³/mol. The average molecular weight is 166 g/mol. The summed E-state index contributed by atoms with van der Waals surface area (Å²) >= 11 is 0. The molecular weight excluding hydrogens is 148 g/mol. The third kappa shape index (κ3) is 2.40. The molecule has 12 heavy (non-hydrogen) atoms. The number of allylic oxidation sites excluding steroid dienone is 3. The Morgan fingerprint density at radius 3 is 2.42 bits per heavy atom. The second-order valence-corrected chi connectivity index (χ2v) is 3.35. The first-order valence-corrected chi connectivity index (χ1v) is 4.70. The molecule has 0 saturated heterocycles. The van der Waals surface area contributed by atoms with Gasteiger partial charge in [-0.15, -0.1) is 0 Å². The van der Waals surface area contributed by atoms with Gasteiger partial charge in [0.25, 0.3) is 0 Å². The van der Waals surface area contributed by atoms with Gasteiger partial charge in [0.05, 0.1) is 13.4 Å². The Labute approximate surface area is 75.1 Å². The van der Waals surface area contributed by atoms with E-state index in [9.17, 15) is 0 Å². The summed E-state index contributed by atoms with van der Waals surface area (Å²) in [6, 6.07) is 0. The maximum absolute atomic E-state index is 4.93. The summed E-state index contributed by atoms with van der Waals surface area (Å²) in [7, 11) is 1.70. The SMILES string of the molecule is C/C=C\C1CCCC1/C=C/OC. The first-order valence-electron chi connectivity index (χ1n) is 4.70. The van der Waals surface area contributed by atoms with E-state index in [-0.39, 0.29) is 0 Å². The molecule has 0 aliphatic heterocycles. The van der Waals surface area contributed by atoms with Crippen molar-refractivity contribution >= 4 is 0 Å². The Morgan fingerprint density at radius 2 is 1.83 bits per heavy atom. The van der Waals surface area contributed by atoms with Gasteiger partial charge < -0.3 is 4.74 Å². The molecule has 0 amide bonds. The zero-order valence-electron chi connectivity index (χ0n) is 7.99. The van der Waals surface area contributed by atoms with Crippen LogP contribution in [0.15, 0.2) is 24.5 Å². The van der Waals surface area contributed by atoms with Gasteiger partial charge in [-0.25, -0.2) is 0 Å². The molecule has 1 rings (SSSR count). The molecule has 68 valence electrons. The molecule has 0 aromatic rings. The Balaban J connectivity index is 2.46. The maximum Gasteiger partial charge on any atom is 0.0787 e. The minimum absolute atomic E-state index is 0.709. The van der Waals surface area contributed by atoms with Gasteiger partial charge in [-0.1, -0.05) is 18.6 Å². The standard InChI is InChI=1S/C11H18O/c1-3-5-10-6-4-7-11(10)8-9-12-2/h3,5,8-11H,4,6-7H2,1-2H3/b5-3-,9-8+. The molecule has 1 heteroatoms. The minimum Gasteiger partial charge on any atom is -0.505 e. The summed E-state index contributed by atoms with van der Waals surface area (Å²) in [5.41, 5.74) is 0. The fourth-order valence-electron chi connectivity index (χ4n) is 1.92. The van der Waals surface area contributed by atoms with Gasteiger partial charge in [0, 0.05) is 0 Å². The molecule has 0 spiro atoms. The molecule has 1 saturated carbocycles. The summed E-state index contributed by atoms with van der Waals surface area (Å²) in [5, 5.41) is 0. The third-order valence-corrected chi connectivity index (χ3v) is 2.53. The zero-order valence-corrected chi connectivity index (χ0v) is 7.99. The van der Waals surface area contributed by atoms with Crippen LogP contribution in [0.3, 0.4) is 0 Å². The van der Waals surface area contributed by atoms with Gasteiger partial charge >= 0.3 is 0 Å². The van der Waals surface area contributed by atoms with Crippen LogP contribution < -0.4 is 0 Å². The van der Waals surface area contributed by atoms with E-state index >= 15 is 0 Å². The molecule has 0 heterocycles. The molecule has 1 nitrogen and oxygen atoms in total. The van der Waals surface area contributed by atoms with Gasteiger partial charge in [-0.3, -0.25) is 0 Å². The summed E-state index contributed by atoms with van der Waals surface area (Å²) in [6.45, 7) is 2.09. The Hall–Kier alpha value is -0.720. The molecule has 2 unspecified atom stereocenters. The van der Waals surface area contributed by atoms with Crippen molar-refractivity contribution in [1.82, 2.24) is 0 Å². The fraction of sp³-hybridized carbons (Fsp3) is 0.636. The lowest BCUT2D eigenvalue weighted by Crippen LogP contribution is -2.01. The van der Waals surface area contributed by atoms with Crippen LogP contribution in [0.5, 0.6) is 0 Å². The molecule has 0 N–H and O–H groups in total. The highest BCUT2D eigenvalue weighted by atomic mass is 16.5. The van der Waals surface area contributed by atoms with Crippen molar-refractivity contribution in [2.24, 2.45) is 11.8 Å². The first kappa shape index (κ1) is 9.37. The monoisotopic (exact) mass is 166 g/mol. The van der Waals surface area contributed by atoms with Crippen LogP contribution in [0.25, 0.3) is 0 Å². The molecule has 0 radical (unpaired) electrons. The zero-order chi connectivity index (χ0) is 8.81. The number of ether oxygens (including phenoxy) is 1. The molecule has 1 fully saturated rings. The van der Waals surface area contributed by atoms with Crippen molar-refractivity contribution in [2.45, 2.75) is 26.2 Å². The molecule has 0 aromatic carbocycles. The summed E-state index contributed by atoms with van der Waals surface area (Å²) in [6.07, 6.45) is 12.5. The van der Waals surface area contributed by atoms with Gasteiger partial charge in [0.2, 0.25) is 0 Å². The van der Waals surface area contributed by atoms with E-state index in [1.165, 1.54) is 19.3 Å². The lowest BCUT2D eigenvalue weighted by Gasteiger charge is -2.10. The van der Waals surface area contributed by atoms with Crippen LogP contribution in [0.4, 0.5) is 0 Å². The number of hydrogen-bond donors (Lipinski definition) is 0. The van der Waals surface area contributed by atoms with Crippen LogP contribution in [0, 0.1) is 11.8 Å². The summed E-state index contributed by atoms with van der Waals surface area (Å²) in [5.74, 6) is 1.46. The van der Waals surface area contributed by atoms with E-state index in [2.05, 4.69) is 25.2 Å². The van der Waals surface area contributed by atoms with E-state index in [1.807, 2.05) is 6.26 Å². The topological polar surface area (TPSA) is 9.23 Å². The van der Waals surface area contributed by atoms with Gasteiger partial charge in [-0.2, -0.15) is 0 Å². The molecular formula is C11H18O. The largest absolute Gasteiger partial charge is 0.505 e. The summed E-state index contributed by atoms with van der Waals surface area (Å²) < 4.78 is 4.93. The minimum atomic E-state index is 0.709. The van der Waals surface area contributed by atoms with Crippen molar-refractivity contribution in [3.63, 3.8) is 0 Å². The van der Waals surface area contributed by atoms with E-state index in [0.717, 1.165) is 5.92 Å². The van der Waals surface area contributed by atoms with Gasteiger partial charge in [0.1, 0.15) is 0 Å². The Bertz CT molecular complexity index is 170. The second-order valence-electron chi connectivity index (χ2n) is 3.35. The lowest BCUT2D eigenvalue weighted by atomic mass is 9.96. The van der Waals surface area contributed by atoms with Crippen molar-refractivity contribution in [1.29, 1.82) is 0 Å². The third-order valence-electron chi connectivity index (χ3n) is 2.53. The highest BCUT2D eigenvalue weighted by Crippen LogP contribution is 2.33. The van der Waals surface area contributed by atoms with Crippen molar-refractivity contribution < 1.29 is 4.74 Å². The maximum atomic E-state index is 4.93. The number of methoxy groups -OCH3 is 1. The average Bonchev–Trinajstić information content (AvgIpc) is 2.50. The van der Waals surface area contributed by atoms with Gasteiger partial charge in [0.15, 0.2) is 0 Å². The van der Waals surface area contributed by atoms with Crippen LogP contribution in [0.1, 0.15) is 26.2 Å². The van der Waals surface area contributed by atoms with Crippen molar-refractivity contribution in [3.8, 4) is 0 Å². The quantitative estimate of drug-likeness (QED) is 0.462. The highest BCUT2D eigenvalue weighted by Gasteiger charge is 2.22. The van der Waals surface area contributed by atoms with Crippen LogP contribution in [0.2, 0.25) is 0 Å². The number of rotatable bonds is 3. The van der Waals surface area contributed by atoms with E-state index in [0.29, 0.717) is 5.92 Å². The molecule has 0 bridgehead atoms. The molecule has 1 aliphatic rings. The van der Waals surface area contributed by atoms with E-state index < -0.39 is 0 Å².